The van der Waals surface area contributed by atoms with Crippen molar-refractivity contribution in [2.24, 2.45) is 0 Å². The van der Waals surface area contributed by atoms with Crippen LogP contribution in [-0.4, -0.2) is 21.0 Å². The van der Waals surface area contributed by atoms with Crippen molar-refractivity contribution in [3.8, 4) is 5.69 Å². The van der Waals surface area contributed by atoms with Gasteiger partial charge in [-0.25, -0.2) is 4.79 Å². The molecule has 3 aromatic rings. The van der Waals surface area contributed by atoms with Crippen molar-refractivity contribution in [1.82, 2.24) is 14.8 Å². The van der Waals surface area contributed by atoms with Crippen molar-refractivity contribution >= 4 is 29.4 Å². The van der Waals surface area contributed by atoms with Crippen LogP contribution in [0.5, 0.6) is 0 Å². The van der Waals surface area contributed by atoms with E-state index in [4.69, 9.17) is 28.6 Å². The number of aromatic amines is 1. The minimum Gasteiger partial charge on any atom is -0.312 e. The third kappa shape index (κ3) is 2.72. The fourth-order valence-corrected chi connectivity index (χ4v) is 4.58. The van der Waals surface area contributed by atoms with Crippen LogP contribution >= 0.6 is 23.2 Å². The van der Waals surface area contributed by atoms with E-state index >= 15 is 0 Å². The number of benzene rings is 2. The zero-order valence-electron chi connectivity index (χ0n) is 14.0. The Balaban J connectivity index is 1.92. The van der Waals surface area contributed by atoms with Crippen molar-refractivity contribution < 1.29 is 0 Å². The fraction of sp³-hybridized carbons (Fsp3) is 0.158. The van der Waals surface area contributed by atoms with Crippen molar-refractivity contribution in [2.45, 2.75) is 18.3 Å². The van der Waals surface area contributed by atoms with E-state index in [0.717, 1.165) is 28.4 Å². The normalized spacial score (nSPS) is 18.3. The second kappa shape index (κ2) is 6.48. The molecule has 1 heterocycles. The summed E-state index contributed by atoms with van der Waals surface area (Å²) < 4.78 is 1.02. The highest BCUT2D eigenvalue weighted by Crippen LogP contribution is 2.48. The van der Waals surface area contributed by atoms with E-state index < -0.39 is 16.7 Å². The Labute approximate surface area is 163 Å². The van der Waals surface area contributed by atoms with Crippen LogP contribution in [0, 0.1) is 5.41 Å². The summed E-state index contributed by atoms with van der Waals surface area (Å²) in [6, 6.07) is 11.1. The molecule has 0 aliphatic heterocycles. The van der Waals surface area contributed by atoms with Crippen LogP contribution in [0.15, 0.2) is 52.2 Å². The monoisotopic (exact) mass is 400 g/mol. The van der Waals surface area contributed by atoms with Gasteiger partial charge in [0.25, 0.3) is 5.56 Å². The Kier molecular flexibility index (Phi) is 4.25. The van der Waals surface area contributed by atoms with Crippen LogP contribution < -0.4 is 11.2 Å². The second-order valence-electron chi connectivity index (χ2n) is 6.41. The van der Waals surface area contributed by atoms with Gasteiger partial charge in [-0.1, -0.05) is 47.5 Å². The Morgan fingerprint density at radius 3 is 2.56 bits per heavy atom. The second-order valence-corrected chi connectivity index (χ2v) is 7.22. The van der Waals surface area contributed by atoms with Gasteiger partial charge in [0.2, 0.25) is 0 Å². The van der Waals surface area contributed by atoms with Crippen LogP contribution in [0.3, 0.4) is 0 Å². The maximum Gasteiger partial charge on any atom is 0.349 e. The molecule has 2 N–H and O–H groups in total. The summed E-state index contributed by atoms with van der Waals surface area (Å²) in [6.45, 7) is 0. The molecule has 136 valence electrons. The minimum absolute atomic E-state index is 0.331. The summed E-state index contributed by atoms with van der Waals surface area (Å²) in [4.78, 5) is 25.4. The molecule has 0 saturated heterocycles. The molecule has 0 bridgehead atoms. The molecule has 1 aliphatic rings. The summed E-state index contributed by atoms with van der Waals surface area (Å²) in [6.07, 6.45) is 3.89. The molecule has 0 fully saturated rings. The van der Waals surface area contributed by atoms with Gasteiger partial charge in [0.15, 0.2) is 0 Å². The summed E-state index contributed by atoms with van der Waals surface area (Å²) in [5.41, 5.74) is 1.15. The maximum absolute atomic E-state index is 12.0. The van der Waals surface area contributed by atoms with Crippen molar-refractivity contribution in [3.05, 3.63) is 90.2 Å². The first kappa shape index (κ1) is 17.7. The number of nitrogens with zero attached hydrogens (tertiary/aromatic N) is 2. The van der Waals surface area contributed by atoms with Crippen molar-refractivity contribution in [3.63, 3.8) is 0 Å². The van der Waals surface area contributed by atoms with E-state index in [2.05, 4.69) is 10.1 Å². The van der Waals surface area contributed by atoms with Gasteiger partial charge in [-0.05, 0) is 36.1 Å². The molecule has 0 amide bonds. The lowest BCUT2D eigenvalue weighted by Gasteiger charge is -2.29. The first-order valence-corrected chi connectivity index (χ1v) is 9.00. The van der Waals surface area contributed by atoms with Gasteiger partial charge in [0.1, 0.15) is 6.20 Å². The van der Waals surface area contributed by atoms with E-state index in [-0.39, 0.29) is 0 Å². The number of nitrogens with one attached hydrogen (secondary N) is 2. The smallest absolute Gasteiger partial charge is 0.312 e. The van der Waals surface area contributed by atoms with E-state index in [0.29, 0.717) is 27.7 Å². The number of rotatable bonds is 3. The van der Waals surface area contributed by atoms with Gasteiger partial charge >= 0.3 is 5.69 Å². The summed E-state index contributed by atoms with van der Waals surface area (Å²) in [7, 11) is 0. The lowest BCUT2D eigenvalue weighted by atomic mass is 9.76. The van der Waals surface area contributed by atoms with Gasteiger partial charge in [0.05, 0.1) is 11.1 Å². The van der Waals surface area contributed by atoms with Crippen LogP contribution in [0.25, 0.3) is 5.69 Å². The lowest BCUT2D eigenvalue weighted by Crippen LogP contribution is -2.31. The van der Waals surface area contributed by atoms with E-state index in [9.17, 15) is 9.59 Å². The zero-order chi connectivity index (χ0) is 19.2. The SMILES string of the molecule is N=CC1(c2c(Cl)cc(-n3ncc(=O)[nH]c3=O)cc2Cl)CCc2ccccc21. The molecule has 1 aliphatic carbocycles. The number of halogens is 2. The number of hydrogen-bond acceptors (Lipinski definition) is 4. The van der Waals surface area contributed by atoms with Gasteiger partial charge in [-0.15, -0.1) is 0 Å². The molecule has 1 atom stereocenters. The molecular formula is C19H14Cl2N4O2. The van der Waals surface area contributed by atoms with Gasteiger partial charge in [-0.3, -0.25) is 9.78 Å². The highest BCUT2D eigenvalue weighted by molar-refractivity contribution is 6.37. The standard InChI is InChI=1S/C19H14Cl2N4O2/c20-14-7-12(25-18(27)24-16(26)9-23-25)8-15(21)17(14)19(10-22)6-5-11-3-1-2-4-13(11)19/h1-4,7-10,22H,5-6H2,(H,24,26,27). The van der Waals surface area contributed by atoms with Crippen LogP contribution in [0.1, 0.15) is 23.1 Å². The average molecular weight is 401 g/mol. The van der Waals surface area contributed by atoms with E-state index in [1.165, 1.54) is 6.21 Å². The van der Waals surface area contributed by atoms with Gasteiger partial charge in [0, 0.05) is 21.8 Å². The molecule has 1 aromatic heterocycles. The lowest BCUT2D eigenvalue weighted by molar-refractivity contribution is 0.683. The first-order valence-electron chi connectivity index (χ1n) is 8.25. The third-order valence-corrected chi connectivity index (χ3v) is 5.56. The molecular weight excluding hydrogens is 387 g/mol. The van der Waals surface area contributed by atoms with Crippen molar-refractivity contribution in [2.75, 3.05) is 0 Å². The molecule has 0 spiro atoms. The predicted molar refractivity (Wildman–Crippen MR) is 105 cm³/mol. The van der Waals surface area contributed by atoms with Crippen LogP contribution in [0.4, 0.5) is 0 Å². The topological polar surface area (TPSA) is 91.6 Å². The highest BCUT2D eigenvalue weighted by atomic mass is 35.5. The van der Waals surface area contributed by atoms with Crippen molar-refractivity contribution in [1.29, 1.82) is 5.41 Å². The predicted octanol–water partition coefficient (Wildman–Crippen LogP) is 3.11. The molecule has 0 radical (unpaired) electrons. The summed E-state index contributed by atoms with van der Waals surface area (Å²) in [5, 5.41) is 12.6. The van der Waals surface area contributed by atoms with Gasteiger partial charge < -0.3 is 5.41 Å². The van der Waals surface area contributed by atoms with E-state index in [1.807, 2.05) is 24.3 Å². The Bertz CT molecular complexity index is 1160. The van der Waals surface area contributed by atoms with Gasteiger partial charge in [-0.2, -0.15) is 9.78 Å². The largest absolute Gasteiger partial charge is 0.349 e. The quantitative estimate of drug-likeness (QED) is 0.661. The maximum atomic E-state index is 12.0. The first-order chi connectivity index (χ1) is 13.0. The molecule has 6 nitrogen and oxygen atoms in total. The number of H-pyrrole nitrogens is 1. The number of hydrogen-bond donors (Lipinski definition) is 2. The molecule has 27 heavy (non-hydrogen) atoms. The van der Waals surface area contributed by atoms with Crippen LogP contribution in [-0.2, 0) is 11.8 Å². The fourth-order valence-electron chi connectivity index (χ4n) is 3.77. The number of fused-ring (bicyclic) bond motifs is 1. The highest BCUT2D eigenvalue weighted by Gasteiger charge is 2.41. The number of aryl methyl sites for hydroxylation is 1. The van der Waals surface area contributed by atoms with Crippen LogP contribution in [0.2, 0.25) is 10.0 Å². The molecule has 8 heteroatoms. The average Bonchev–Trinajstić information content (AvgIpc) is 3.01. The Hall–Kier alpha value is -2.70. The molecule has 4 rings (SSSR count). The third-order valence-electron chi connectivity index (χ3n) is 4.96. The Morgan fingerprint density at radius 2 is 1.89 bits per heavy atom. The Morgan fingerprint density at radius 1 is 1.19 bits per heavy atom. The van der Waals surface area contributed by atoms with E-state index in [1.54, 1.807) is 12.1 Å². The summed E-state index contributed by atoms with van der Waals surface area (Å²) >= 11 is 13.2. The molecule has 1 unspecified atom stereocenters. The minimum atomic E-state index is -0.716. The zero-order valence-corrected chi connectivity index (χ0v) is 15.5. The summed E-state index contributed by atoms with van der Waals surface area (Å²) in [5.74, 6) is 0. The number of aromatic nitrogens is 3. The molecule has 2 aromatic carbocycles. The molecule has 0 saturated carbocycles.